The van der Waals surface area contributed by atoms with Crippen LogP contribution < -0.4 is 0 Å². The van der Waals surface area contributed by atoms with Crippen LogP contribution in [0.2, 0.25) is 5.02 Å². The number of aryl methyl sites for hydroxylation is 2. The quantitative estimate of drug-likeness (QED) is 0.439. The Bertz CT molecular complexity index is 915. The second kappa shape index (κ2) is 7.32. The Morgan fingerprint density at radius 2 is 1.88 bits per heavy atom. The summed E-state index contributed by atoms with van der Waals surface area (Å²) in [5, 5.41) is 9.48. The van der Waals surface area contributed by atoms with Gasteiger partial charge >= 0.3 is 0 Å². The fourth-order valence-corrected chi connectivity index (χ4v) is 4.90. The maximum Gasteiger partial charge on any atom is 0.177 e. The van der Waals surface area contributed by atoms with Crippen molar-refractivity contribution < 1.29 is 4.79 Å². The molecule has 7 heteroatoms. The zero-order valence-corrected chi connectivity index (χ0v) is 16.8. The Morgan fingerprint density at radius 1 is 1.20 bits per heavy atom. The third-order valence-corrected chi connectivity index (χ3v) is 6.21. The fraction of sp³-hybridized carbons (Fsp3) is 0.278. The monoisotopic (exact) mass is 391 g/mol. The fourth-order valence-electron chi connectivity index (χ4n) is 2.75. The van der Waals surface area contributed by atoms with E-state index in [1.807, 2.05) is 58.0 Å². The first-order valence-corrected chi connectivity index (χ1v) is 9.90. The van der Waals surface area contributed by atoms with Gasteiger partial charge in [-0.3, -0.25) is 4.79 Å². The summed E-state index contributed by atoms with van der Waals surface area (Å²) >= 11 is 8.95. The van der Waals surface area contributed by atoms with Crippen LogP contribution in [-0.2, 0) is 0 Å². The summed E-state index contributed by atoms with van der Waals surface area (Å²) in [6.45, 7) is 7.80. The second-order valence-electron chi connectivity index (χ2n) is 5.81. The van der Waals surface area contributed by atoms with Crippen LogP contribution in [-0.4, -0.2) is 25.8 Å². The summed E-state index contributed by atoms with van der Waals surface area (Å²) in [6, 6.07) is 9.58. The lowest BCUT2D eigenvalue weighted by atomic mass is 10.1. The minimum Gasteiger partial charge on any atom is -0.318 e. The number of Topliss-reactive ketones (excluding diaryl/α,β-unsaturated/α-hetero) is 1. The van der Waals surface area contributed by atoms with Gasteiger partial charge in [-0.2, -0.15) is 0 Å². The normalized spacial score (nSPS) is 12.4. The van der Waals surface area contributed by atoms with Crippen LogP contribution in [0.25, 0.3) is 5.69 Å². The van der Waals surface area contributed by atoms with Crippen molar-refractivity contribution in [3.63, 3.8) is 0 Å². The van der Waals surface area contributed by atoms with Gasteiger partial charge < -0.3 is 4.57 Å². The minimum atomic E-state index is -0.216. The molecule has 3 aromatic rings. The number of ketones is 1. The molecular formula is C18H18ClN3OS2. The summed E-state index contributed by atoms with van der Waals surface area (Å²) in [5.74, 6) is 0.103. The molecule has 4 nitrogen and oxygen atoms in total. The number of thioether (sulfide) groups is 1. The van der Waals surface area contributed by atoms with Gasteiger partial charge in [0.2, 0.25) is 0 Å². The Balaban J connectivity index is 1.88. The van der Waals surface area contributed by atoms with Crippen molar-refractivity contribution >= 4 is 40.5 Å². The predicted octanol–water partition coefficient (Wildman–Crippen LogP) is 5.27. The number of aromatic nitrogens is 3. The van der Waals surface area contributed by atoms with Gasteiger partial charge in [-0.15, -0.1) is 10.2 Å². The molecule has 0 radical (unpaired) electrons. The molecule has 1 aromatic carbocycles. The van der Waals surface area contributed by atoms with E-state index in [0.717, 1.165) is 32.0 Å². The van der Waals surface area contributed by atoms with Crippen LogP contribution in [0.5, 0.6) is 0 Å². The van der Waals surface area contributed by atoms with Gasteiger partial charge in [-0.25, -0.2) is 0 Å². The van der Waals surface area contributed by atoms with Crippen molar-refractivity contribution in [2.45, 2.75) is 37.3 Å². The molecule has 25 heavy (non-hydrogen) atoms. The first-order chi connectivity index (χ1) is 11.9. The van der Waals surface area contributed by atoms with Gasteiger partial charge in [0.25, 0.3) is 0 Å². The summed E-state index contributed by atoms with van der Waals surface area (Å²) in [6.07, 6.45) is 0. The van der Waals surface area contributed by atoms with Gasteiger partial charge in [-0.05, 0) is 58.0 Å². The lowest BCUT2D eigenvalue weighted by molar-refractivity contribution is 0.0993. The minimum absolute atomic E-state index is 0.103. The van der Waals surface area contributed by atoms with Crippen LogP contribution in [0.3, 0.4) is 0 Å². The molecule has 0 spiro atoms. The van der Waals surface area contributed by atoms with E-state index in [-0.39, 0.29) is 11.0 Å². The van der Waals surface area contributed by atoms with E-state index in [0.29, 0.717) is 5.02 Å². The van der Waals surface area contributed by atoms with Crippen molar-refractivity contribution in [2.24, 2.45) is 0 Å². The molecule has 0 aliphatic carbocycles. The van der Waals surface area contributed by atoms with Crippen LogP contribution in [0.4, 0.5) is 0 Å². The first kappa shape index (κ1) is 18.2. The topological polar surface area (TPSA) is 47.8 Å². The molecule has 0 amide bonds. The molecule has 0 bridgehead atoms. The molecule has 0 aliphatic rings. The van der Waals surface area contributed by atoms with Crippen molar-refractivity contribution in [2.75, 3.05) is 0 Å². The molecule has 0 saturated heterocycles. The number of nitrogens with zero attached hydrogens (tertiary/aromatic N) is 3. The highest BCUT2D eigenvalue weighted by Gasteiger charge is 2.23. The molecule has 0 saturated carbocycles. The average molecular weight is 392 g/mol. The summed E-state index contributed by atoms with van der Waals surface area (Å²) in [5.41, 5.74) is 3.70. The van der Waals surface area contributed by atoms with E-state index in [1.54, 1.807) is 0 Å². The Kier molecular flexibility index (Phi) is 5.32. The lowest BCUT2D eigenvalue weighted by Crippen LogP contribution is -2.14. The Labute approximate surface area is 160 Å². The highest BCUT2D eigenvalue weighted by molar-refractivity contribution is 8.02. The molecule has 130 valence electrons. The molecule has 0 unspecified atom stereocenters. The number of hydrogen-bond acceptors (Lipinski definition) is 5. The van der Waals surface area contributed by atoms with Gasteiger partial charge in [0.1, 0.15) is 5.01 Å². The highest BCUT2D eigenvalue weighted by Crippen LogP contribution is 2.30. The summed E-state index contributed by atoms with van der Waals surface area (Å²) in [4.78, 5) is 12.9. The average Bonchev–Trinajstić information content (AvgIpc) is 3.11. The maximum atomic E-state index is 12.9. The van der Waals surface area contributed by atoms with Gasteiger partial charge in [0.15, 0.2) is 10.1 Å². The van der Waals surface area contributed by atoms with Gasteiger partial charge in [-0.1, -0.05) is 34.7 Å². The SMILES string of the molecule is Cc1nnc(S[C@@H](C)C(=O)c2cc(C)n(-c3ccc(Cl)cc3)c2C)s1. The Hall–Kier alpha value is -1.63. The Morgan fingerprint density at radius 3 is 2.48 bits per heavy atom. The van der Waals surface area contributed by atoms with E-state index in [1.165, 1.54) is 23.1 Å². The highest BCUT2D eigenvalue weighted by atomic mass is 35.5. The number of carbonyl (C=O) groups is 1. The van der Waals surface area contributed by atoms with Crippen LogP contribution in [0, 0.1) is 20.8 Å². The van der Waals surface area contributed by atoms with Crippen LogP contribution in [0.15, 0.2) is 34.7 Å². The number of benzene rings is 1. The number of rotatable bonds is 5. The molecular weight excluding hydrogens is 374 g/mol. The van der Waals surface area contributed by atoms with E-state index in [9.17, 15) is 4.79 Å². The van der Waals surface area contributed by atoms with E-state index < -0.39 is 0 Å². The van der Waals surface area contributed by atoms with Gasteiger partial charge in [0, 0.05) is 27.7 Å². The zero-order valence-electron chi connectivity index (χ0n) is 14.4. The second-order valence-corrected chi connectivity index (χ2v) is 9.01. The number of hydrogen-bond donors (Lipinski definition) is 0. The molecule has 1 atom stereocenters. The number of halogens is 1. The molecule has 0 aliphatic heterocycles. The lowest BCUT2D eigenvalue weighted by Gasteiger charge is -2.11. The smallest absolute Gasteiger partial charge is 0.177 e. The third-order valence-electron chi connectivity index (χ3n) is 3.94. The van der Waals surface area contributed by atoms with E-state index in [4.69, 9.17) is 11.6 Å². The van der Waals surface area contributed by atoms with Gasteiger partial charge in [0.05, 0.1) is 5.25 Å². The molecule has 0 fully saturated rings. The van der Waals surface area contributed by atoms with Crippen LogP contribution >= 0.6 is 34.7 Å². The predicted molar refractivity (Wildman–Crippen MR) is 105 cm³/mol. The van der Waals surface area contributed by atoms with Crippen molar-refractivity contribution in [1.29, 1.82) is 0 Å². The standard InChI is InChI=1S/C18H18ClN3OS2/c1-10-9-16(11(2)22(10)15-7-5-14(19)6-8-15)17(23)12(3)24-18-21-20-13(4)25-18/h5-9,12H,1-4H3/t12-/m0/s1. The molecule has 0 N–H and O–H groups in total. The third kappa shape index (κ3) is 3.81. The summed E-state index contributed by atoms with van der Waals surface area (Å²) in [7, 11) is 0. The molecule has 3 rings (SSSR count). The maximum absolute atomic E-state index is 12.9. The van der Waals surface area contributed by atoms with Crippen molar-refractivity contribution in [1.82, 2.24) is 14.8 Å². The zero-order chi connectivity index (χ0) is 18.1. The van der Waals surface area contributed by atoms with E-state index in [2.05, 4.69) is 14.8 Å². The largest absolute Gasteiger partial charge is 0.318 e. The first-order valence-electron chi connectivity index (χ1n) is 7.82. The molecule has 2 heterocycles. The summed E-state index contributed by atoms with van der Waals surface area (Å²) < 4.78 is 2.90. The van der Waals surface area contributed by atoms with Crippen molar-refractivity contribution in [3.8, 4) is 5.69 Å². The van der Waals surface area contributed by atoms with E-state index >= 15 is 0 Å². The van der Waals surface area contributed by atoms with Crippen molar-refractivity contribution in [3.05, 3.63) is 57.3 Å². The molecule has 2 aromatic heterocycles. The number of carbonyl (C=O) groups excluding carboxylic acids is 1. The van der Waals surface area contributed by atoms with Crippen LogP contribution in [0.1, 0.15) is 33.7 Å².